The van der Waals surface area contributed by atoms with Gasteiger partial charge in [0.1, 0.15) is 5.88 Å². The maximum Gasteiger partial charge on any atom is 0.338 e. The molecule has 88 valence electrons. The molecule has 16 heavy (non-hydrogen) atoms. The third-order valence-corrected chi connectivity index (χ3v) is 2.72. The van der Waals surface area contributed by atoms with Gasteiger partial charge >= 0.3 is 5.76 Å². The fourth-order valence-electron chi connectivity index (χ4n) is 0.828. The number of hydrogen-bond acceptors (Lipinski definition) is 4. The molecule has 1 amide bonds. The van der Waals surface area contributed by atoms with Gasteiger partial charge < -0.3 is 5.32 Å². The van der Waals surface area contributed by atoms with E-state index < -0.39 is 27.4 Å². The van der Waals surface area contributed by atoms with Crippen LogP contribution in [0.4, 0.5) is 8.78 Å². The first-order valence-electron chi connectivity index (χ1n) is 4.11. The lowest BCUT2D eigenvalue weighted by molar-refractivity contribution is 0.0959. The fraction of sp³-hybridized carbons (Fsp3) is 0.250. The third-order valence-electron chi connectivity index (χ3n) is 1.63. The predicted molar refractivity (Wildman–Crippen MR) is 51.5 cm³/mol. The molecule has 5 nitrogen and oxygen atoms in total. The third kappa shape index (κ3) is 3.23. The zero-order chi connectivity index (χ0) is 12.2. The normalized spacial score (nSPS) is 11.4. The van der Waals surface area contributed by atoms with Crippen molar-refractivity contribution in [1.29, 1.82) is 0 Å². The largest absolute Gasteiger partial charge is 0.338 e. The first kappa shape index (κ1) is 12.5. The van der Waals surface area contributed by atoms with E-state index in [1.807, 2.05) is 5.32 Å². The molecule has 8 heteroatoms. The molecule has 1 aromatic heterocycles. The number of carbonyl (C=O) groups is 1. The SMILES string of the molecule is O=C(NCS(=O)(=O)C(F)F)c1cccnc1. The van der Waals surface area contributed by atoms with Gasteiger partial charge in [-0.3, -0.25) is 9.78 Å². The second kappa shape index (κ2) is 4.97. The van der Waals surface area contributed by atoms with Crippen molar-refractivity contribution in [3.63, 3.8) is 0 Å². The van der Waals surface area contributed by atoms with Gasteiger partial charge in [-0.1, -0.05) is 0 Å². The number of halogens is 2. The Bertz CT molecular complexity index is 461. The molecule has 0 bridgehead atoms. The Labute approximate surface area is 90.4 Å². The maximum absolute atomic E-state index is 11.9. The average Bonchev–Trinajstić information content (AvgIpc) is 2.27. The summed E-state index contributed by atoms with van der Waals surface area (Å²) in [4.78, 5) is 14.9. The van der Waals surface area contributed by atoms with E-state index in [0.29, 0.717) is 0 Å². The van der Waals surface area contributed by atoms with Gasteiger partial charge in [0.05, 0.1) is 5.56 Å². The standard InChI is InChI=1S/C8H8F2N2O3S/c9-8(10)16(14,15)5-12-7(13)6-2-1-3-11-4-6/h1-4,8H,5H2,(H,12,13). The minimum absolute atomic E-state index is 0.104. The molecule has 1 rings (SSSR count). The number of sulfone groups is 1. The second-order valence-corrected chi connectivity index (χ2v) is 4.79. The van der Waals surface area contributed by atoms with E-state index in [-0.39, 0.29) is 5.56 Å². The van der Waals surface area contributed by atoms with Crippen molar-refractivity contribution in [2.45, 2.75) is 5.76 Å². The molecular formula is C8H8F2N2O3S. The molecule has 0 aromatic carbocycles. The summed E-state index contributed by atoms with van der Waals surface area (Å²) in [6, 6.07) is 2.86. The van der Waals surface area contributed by atoms with E-state index in [1.165, 1.54) is 24.5 Å². The summed E-state index contributed by atoms with van der Waals surface area (Å²) in [6.45, 7) is 0. The van der Waals surface area contributed by atoms with Gasteiger partial charge in [0.2, 0.25) is 9.84 Å². The first-order valence-corrected chi connectivity index (χ1v) is 5.83. The van der Waals surface area contributed by atoms with E-state index in [9.17, 15) is 22.0 Å². The highest BCUT2D eigenvalue weighted by Gasteiger charge is 2.24. The number of alkyl halides is 2. The number of amides is 1. The van der Waals surface area contributed by atoms with Crippen LogP contribution in [-0.4, -0.2) is 30.9 Å². The number of hydrogen-bond donors (Lipinski definition) is 1. The van der Waals surface area contributed by atoms with Gasteiger partial charge in [-0.05, 0) is 12.1 Å². The van der Waals surface area contributed by atoms with E-state index in [1.54, 1.807) is 0 Å². The van der Waals surface area contributed by atoms with Gasteiger partial charge in [-0.25, -0.2) is 8.42 Å². The molecule has 0 saturated carbocycles. The lowest BCUT2D eigenvalue weighted by Gasteiger charge is -2.05. The zero-order valence-corrected chi connectivity index (χ0v) is 8.75. The Morgan fingerprint density at radius 3 is 2.69 bits per heavy atom. The van der Waals surface area contributed by atoms with Crippen LogP contribution < -0.4 is 5.32 Å². The molecule has 1 aromatic rings. The lowest BCUT2D eigenvalue weighted by atomic mass is 10.3. The minimum Gasteiger partial charge on any atom is -0.338 e. The zero-order valence-electron chi connectivity index (χ0n) is 7.93. The highest BCUT2D eigenvalue weighted by atomic mass is 32.2. The number of carbonyl (C=O) groups excluding carboxylic acids is 1. The highest BCUT2D eigenvalue weighted by molar-refractivity contribution is 7.91. The van der Waals surface area contributed by atoms with Crippen LogP contribution in [0, 0.1) is 0 Å². The maximum atomic E-state index is 11.9. The first-order chi connectivity index (χ1) is 7.43. The topological polar surface area (TPSA) is 76.1 Å². The Balaban J connectivity index is 2.62. The Morgan fingerprint density at radius 2 is 2.19 bits per heavy atom. The minimum atomic E-state index is -4.59. The van der Waals surface area contributed by atoms with Gasteiger partial charge in [-0.15, -0.1) is 0 Å². The van der Waals surface area contributed by atoms with E-state index in [4.69, 9.17) is 0 Å². The Hall–Kier alpha value is -1.57. The lowest BCUT2D eigenvalue weighted by Crippen LogP contribution is -2.32. The number of rotatable bonds is 4. The molecule has 0 saturated heterocycles. The van der Waals surface area contributed by atoms with E-state index in [0.717, 1.165) is 0 Å². The Morgan fingerprint density at radius 1 is 1.50 bits per heavy atom. The fourth-order valence-corrected chi connectivity index (χ4v) is 1.29. The second-order valence-electron chi connectivity index (χ2n) is 2.82. The molecule has 1 heterocycles. The van der Waals surface area contributed by atoms with Crippen molar-refractivity contribution in [1.82, 2.24) is 10.3 Å². The van der Waals surface area contributed by atoms with Crippen molar-refractivity contribution in [2.75, 3.05) is 5.88 Å². The number of nitrogens with zero attached hydrogens (tertiary/aromatic N) is 1. The molecule has 0 fully saturated rings. The van der Waals surface area contributed by atoms with Crippen LogP contribution >= 0.6 is 0 Å². The molecule has 0 aliphatic rings. The van der Waals surface area contributed by atoms with Crippen molar-refractivity contribution in [3.8, 4) is 0 Å². The van der Waals surface area contributed by atoms with Crippen LogP contribution in [0.1, 0.15) is 10.4 Å². The molecule has 0 atom stereocenters. The van der Waals surface area contributed by atoms with Crippen LogP contribution in [0.15, 0.2) is 24.5 Å². The van der Waals surface area contributed by atoms with Gasteiger partial charge in [0.25, 0.3) is 5.91 Å². The quantitative estimate of drug-likeness (QED) is 0.839. The van der Waals surface area contributed by atoms with Crippen LogP contribution in [0.2, 0.25) is 0 Å². The predicted octanol–water partition coefficient (Wildman–Crippen LogP) is 0.406. The van der Waals surface area contributed by atoms with Crippen LogP contribution in [0.25, 0.3) is 0 Å². The number of aromatic nitrogens is 1. The summed E-state index contributed by atoms with van der Waals surface area (Å²) < 4.78 is 45.2. The summed E-state index contributed by atoms with van der Waals surface area (Å²) in [5.74, 6) is -5.36. The summed E-state index contributed by atoms with van der Waals surface area (Å²) in [5.41, 5.74) is 0.104. The molecule has 0 unspecified atom stereocenters. The van der Waals surface area contributed by atoms with Crippen LogP contribution in [-0.2, 0) is 9.84 Å². The van der Waals surface area contributed by atoms with Crippen molar-refractivity contribution < 1.29 is 22.0 Å². The number of nitrogens with one attached hydrogen (secondary N) is 1. The van der Waals surface area contributed by atoms with E-state index in [2.05, 4.69) is 4.98 Å². The van der Waals surface area contributed by atoms with Crippen molar-refractivity contribution >= 4 is 15.7 Å². The van der Waals surface area contributed by atoms with Gasteiger partial charge in [0.15, 0.2) is 0 Å². The monoisotopic (exact) mass is 250 g/mol. The number of pyridine rings is 1. The Kier molecular flexibility index (Phi) is 3.88. The van der Waals surface area contributed by atoms with Gasteiger partial charge in [-0.2, -0.15) is 8.78 Å². The van der Waals surface area contributed by atoms with E-state index >= 15 is 0 Å². The van der Waals surface area contributed by atoms with Gasteiger partial charge in [0, 0.05) is 12.4 Å². The summed E-state index contributed by atoms with van der Waals surface area (Å²) in [7, 11) is -4.59. The van der Waals surface area contributed by atoms with Crippen LogP contribution in [0.5, 0.6) is 0 Å². The molecule has 0 aliphatic carbocycles. The van der Waals surface area contributed by atoms with Crippen molar-refractivity contribution in [3.05, 3.63) is 30.1 Å². The summed E-state index contributed by atoms with van der Waals surface area (Å²) in [6.07, 6.45) is 2.62. The molecular weight excluding hydrogens is 242 g/mol. The average molecular weight is 250 g/mol. The molecule has 0 radical (unpaired) electrons. The molecule has 1 N–H and O–H groups in total. The summed E-state index contributed by atoms with van der Waals surface area (Å²) in [5, 5.41) is 1.87. The molecule has 0 spiro atoms. The van der Waals surface area contributed by atoms with Crippen molar-refractivity contribution in [2.24, 2.45) is 0 Å². The van der Waals surface area contributed by atoms with Crippen LogP contribution in [0.3, 0.4) is 0 Å². The summed E-state index contributed by atoms with van der Waals surface area (Å²) >= 11 is 0. The molecule has 0 aliphatic heterocycles. The smallest absolute Gasteiger partial charge is 0.338 e. The highest BCUT2D eigenvalue weighted by Crippen LogP contribution is 2.04.